The molecular formula is C22H21ClF3N5O3. The minimum atomic E-state index is -2.91. The molecule has 2 N–H and O–H groups in total. The molecule has 8 nitrogen and oxygen atoms in total. The lowest BCUT2D eigenvalue weighted by molar-refractivity contribution is -0.135. The van der Waals surface area contributed by atoms with Gasteiger partial charge in [-0.25, -0.2) is 4.39 Å². The van der Waals surface area contributed by atoms with E-state index in [9.17, 15) is 22.8 Å². The fourth-order valence-electron chi connectivity index (χ4n) is 4.25. The van der Waals surface area contributed by atoms with Crippen molar-refractivity contribution in [1.29, 1.82) is 0 Å². The van der Waals surface area contributed by atoms with Crippen molar-refractivity contribution in [2.45, 2.75) is 51.0 Å². The number of aromatic nitrogens is 3. The smallest absolute Gasteiger partial charge is 0.345 e. The monoisotopic (exact) mass is 495 g/mol. The summed E-state index contributed by atoms with van der Waals surface area (Å²) in [5.41, 5.74) is 0.813. The second kappa shape index (κ2) is 8.31. The lowest BCUT2D eigenvalue weighted by Gasteiger charge is -2.34. The minimum absolute atomic E-state index is 0.0494. The van der Waals surface area contributed by atoms with Gasteiger partial charge in [0.05, 0.1) is 47.7 Å². The number of ether oxygens (including phenoxy) is 1. The van der Waals surface area contributed by atoms with Crippen LogP contribution in [0.3, 0.4) is 0 Å². The first-order chi connectivity index (χ1) is 16.2. The average Bonchev–Trinajstić information content (AvgIpc) is 3.22. The van der Waals surface area contributed by atoms with Gasteiger partial charge in [-0.2, -0.15) is 13.9 Å². The van der Waals surface area contributed by atoms with E-state index < -0.39 is 23.9 Å². The molecule has 1 saturated carbocycles. The molecule has 1 atom stereocenters. The number of halogens is 4. The quantitative estimate of drug-likeness (QED) is 0.545. The second-order valence-electron chi connectivity index (χ2n) is 8.81. The normalized spacial score (nSPS) is 18.9. The Kier molecular flexibility index (Phi) is 5.56. The molecule has 2 aromatic heterocycles. The SMILES string of the molecule is CC1Cn2ncc(C(=O)NC3(COC(F)F)CC3)c2CN1C(=O)c1cc2cc(F)c(Cl)cc2[nH]1. The lowest BCUT2D eigenvalue weighted by atomic mass is 10.1. The average molecular weight is 496 g/mol. The van der Waals surface area contributed by atoms with Gasteiger partial charge in [-0.15, -0.1) is 0 Å². The number of carbonyl (C=O) groups is 2. The molecule has 2 aliphatic rings. The summed E-state index contributed by atoms with van der Waals surface area (Å²) in [5, 5.41) is 7.52. The van der Waals surface area contributed by atoms with Crippen LogP contribution in [0.5, 0.6) is 0 Å². The number of fused-ring (bicyclic) bond motifs is 2. The molecule has 0 bridgehead atoms. The maximum Gasteiger partial charge on any atom is 0.345 e. The van der Waals surface area contributed by atoms with Crippen LogP contribution in [0, 0.1) is 5.82 Å². The number of aromatic amines is 1. The Morgan fingerprint density at radius 3 is 2.82 bits per heavy atom. The summed E-state index contributed by atoms with van der Waals surface area (Å²) in [7, 11) is 0. The third kappa shape index (κ3) is 4.14. The first-order valence-electron chi connectivity index (χ1n) is 10.7. The van der Waals surface area contributed by atoms with Crippen LogP contribution in [0.4, 0.5) is 13.2 Å². The highest BCUT2D eigenvalue weighted by Gasteiger charge is 2.46. The molecule has 1 aromatic carbocycles. The number of rotatable bonds is 6. The molecule has 34 heavy (non-hydrogen) atoms. The van der Waals surface area contributed by atoms with E-state index >= 15 is 0 Å². The van der Waals surface area contributed by atoms with Gasteiger partial charge in [0.15, 0.2) is 0 Å². The largest absolute Gasteiger partial charge is 0.350 e. The van der Waals surface area contributed by atoms with Crippen molar-refractivity contribution < 1.29 is 27.5 Å². The number of alkyl halides is 2. The van der Waals surface area contributed by atoms with Crippen LogP contribution in [0.1, 0.15) is 46.3 Å². The molecule has 1 aliphatic heterocycles. The molecule has 1 fully saturated rings. The third-order valence-corrected chi connectivity index (χ3v) is 6.64. The summed E-state index contributed by atoms with van der Waals surface area (Å²) in [6.07, 6.45) is 2.51. The Morgan fingerprint density at radius 2 is 2.12 bits per heavy atom. The number of benzene rings is 1. The molecule has 3 aromatic rings. The van der Waals surface area contributed by atoms with Crippen molar-refractivity contribution in [3.63, 3.8) is 0 Å². The van der Waals surface area contributed by atoms with E-state index in [1.165, 1.54) is 18.3 Å². The summed E-state index contributed by atoms with van der Waals surface area (Å²) in [5.74, 6) is -1.34. The summed E-state index contributed by atoms with van der Waals surface area (Å²) < 4.78 is 44.7. The van der Waals surface area contributed by atoms with E-state index in [1.54, 1.807) is 15.6 Å². The summed E-state index contributed by atoms with van der Waals surface area (Å²) >= 11 is 5.84. The maximum absolute atomic E-state index is 13.8. The van der Waals surface area contributed by atoms with Gasteiger partial charge in [-0.3, -0.25) is 14.3 Å². The van der Waals surface area contributed by atoms with Gasteiger partial charge < -0.3 is 19.9 Å². The van der Waals surface area contributed by atoms with Crippen LogP contribution in [0.15, 0.2) is 24.4 Å². The Morgan fingerprint density at radius 1 is 1.35 bits per heavy atom. The Labute approximate surface area is 197 Å². The van der Waals surface area contributed by atoms with E-state index in [0.717, 1.165) is 0 Å². The van der Waals surface area contributed by atoms with E-state index in [1.807, 2.05) is 6.92 Å². The Hall–Kier alpha value is -3.05. The number of nitrogens with one attached hydrogen (secondary N) is 2. The van der Waals surface area contributed by atoms with Gasteiger partial charge in [-0.1, -0.05) is 11.6 Å². The molecule has 0 saturated heterocycles. The van der Waals surface area contributed by atoms with E-state index in [0.29, 0.717) is 36.0 Å². The molecule has 0 radical (unpaired) electrons. The number of carbonyl (C=O) groups excluding carboxylic acids is 2. The molecule has 0 spiro atoms. The Bertz CT molecular complexity index is 1250. The van der Waals surface area contributed by atoms with Crippen molar-refractivity contribution in [1.82, 2.24) is 25.0 Å². The van der Waals surface area contributed by atoms with E-state index in [-0.39, 0.29) is 41.4 Å². The van der Waals surface area contributed by atoms with Crippen molar-refractivity contribution in [2.75, 3.05) is 6.61 Å². The maximum atomic E-state index is 13.8. The van der Waals surface area contributed by atoms with Gasteiger partial charge in [-0.05, 0) is 38.0 Å². The number of hydrogen-bond acceptors (Lipinski definition) is 4. The van der Waals surface area contributed by atoms with Gasteiger partial charge in [0.1, 0.15) is 11.5 Å². The molecule has 12 heteroatoms. The molecular weight excluding hydrogens is 475 g/mol. The van der Waals surface area contributed by atoms with Gasteiger partial charge in [0.2, 0.25) is 0 Å². The van der Waals surface area contributed by atoms with E-state index in [4.69, 9.17) is 11.6 Å². The molecule has 2 amide bonds. The second-order valence-corrected chi connectivity index (χ2v) is 9.22. The van der Waals surface area contributed by atoms with Crippen LogP contribution in [0.2, 0.25) is 5.02 Å². The van der Waals surface area contributed by atoms with Crippen LogP contribution >= 0.6 is 11.6 Å². The highest BCUT2D eigenvalue weighted by Crippen LogP contribution is 2.36. The number of nitrogens with zero attached hydrogens (tertiary/aromatic N) is 3. The zero-order valence-electron chi connectivity index (χ0n) is 18.1. The zero-order valence-corrected chi connectivity index (χ0v) is 18.8. The van der Waals surface area contributed by atoms with E-state index in [2.05, 4.69) is 20.1 Å². The number of amides is 2. The van der Waals surface area contributed by atoms with Crippen LogP contribution in [0.25, 0.3) is 10.9 Å². The predicted molar refractivity (Wildman–Crippen MR) is 116 cm³/mol. The lowest BCUT2D eigenvalue weighted by Crippen LogP contribution is -2.46. The van der Waals surface area contributed by atoms with Crippen molar-refractivity contribution in [3.05, 3.63) is 52.2 Å². The predicted octanol–water partition coefficient (Wildman–Crippen LogP) is 3.70. The van der Waals surface area contributed by atoms with Crippen molar-refractivity contribution in [2.24, 2.45) is 0 Å². The topological polar surface area (TPSA) is 92.2 Å². The van der Waals surface area contributed by atoms with Gasteiger partial charge in [0.25, 0.3) is 11.8 Å². The Balaban J connectivity index is 1.36. The molecule has 1 unspecified atom stereocenters. The molecule has 180 valence electrons. The third-order valence-electron chi connectivity index (χ3n) is 6.35. The minimum Gasteiger partial charge on any atom is -0.350 e. The molecule has 3 heterocycles. The number of hydrogen-bond donors (Lipinski definition) is 2. The summed E-state index contributed by atoms with van der Waals surface area (Å²) in [4.78, 5) is 30.8. The number of H-pyrrole nitrogens is 1. The van der Waals surface area contributed by atoms with Crippen LogP contribution < -0.4 is 5.32 Å². The summed E-state index contributed by atoms with van der Waals surface area (Å²) in [6.45, 7) is -0.825. The standard InChI is InChI=1S/C22H21ClF3N5O3/c1-11-8-31-18(13(7-27-31)19(32)29-22(2-3-22)10-34-21(25)26)9-30(11)20(33)17-5-12-4-15(24)14(23)6-16(12)28-17/h4-7,11,21,28H,2-3,8-10H2,1H3,(H,29,32). The molecule has 1 aliphatic carbocycles. The van der Waals surface area contributed by atoms with Gasteiger partial charge >= 0.3 is 6.61 Å². The van der Waals surface area contributed by atoms with Crippen molar-refractivity contribution in [3.8, 4) is 0 Å². The summed E-state index contributed by atoms with van der Waals surface area (Å²) in [6, 6.07) is 4.01. The van der Waals surface area contributed by atoms with Crippen molar-refractivity contribution >= 4 is 34.3 Å². The van der Waals surface area contributed by atoms with Crippen LogP contribution in [-0.2, 0) is 17.8 Å². The first kappa shape index (κ1) is 22.7. The highest BCUT2D eigenvalue weighted by molar-refractivity contribution is 6.31. The fraction of sp³-hybridized carbons (Fsp3) is 0.409. The zero-order chi connectivity index (χ0) is 24.2. The van der Waals surface area contributed by atoms with Gasteiger partial charge in [0, 0.05) is 16.9 Å². The highest BCUT2D eigenvalue weighted by atomic mass is 35.5. The first-order valence-corrected chi connectivity index (χ1v) is 11.1. The van der Waals surface area contributed by atoms with Crippen LogP contribution in [-0.4, -0.2) is 56.3 Å². The molecule has 5 rings (SSSR count). The fourth-order valence-corrected chi connectivity index (χ4v) is 4.41.